The highest BCUT2D eigenvalue weighted by Gasteiger charge is 2.25. The average Bonchev–Trinajstić information content (AvgIpc) is 3.09. The molecule has 2 atom stereocenters. The van der Waals surface area contributed by atoms with Gasteiger partial charge in [0, 0.05) is 19.3 Å². The predicted octanol–water partition coefficient (Wildman–Crippen LogP) is 9.30. The zero-order valence-corrected chi connectivity index (χ0v) is 33.7. The lowest BCUT2D eigenvalue weighted by Gasteiger charge is -2.34. The third kappa shape index (κ3) is 32.9. The molecule has 0 aromatic heterocycles. The van der Waals surface area contributed by atoms with Crippen molar-refractivity contribution in [3.05, 3.63) is 60.8 Å². The zero-order valence-electron chi connectivity index (χ0n) is 33.7. The molecule has 0 saturated heterocycles. The maximum absolute atomic E-state index is 12.6. The number of aliphatic carboxylic acids is 1. The number of hydrogen-bond donors (Lipinski definition) is 0. The third-order valence-corrected chi connectivity index (χ3v) is 8.67. The van der Waals surface area contributed by atoms with Crippen LogP contribution >= 0.6 is 0 Å². The van der Waals surface area contributed by atoms with Crippen LogP contribution in [0.2, 0.25) is 0 Å². The van der Waals surface area contributed by atoms with Crippen LogP contribution in [0.1, 0.15) is 149 Å². The van der Waals surface area contributed by atoms with Crippen molar-refractivity contribution in [2.45, 2.75) is 161 Å². The molecule has 0 spiro atoms. The van der Waals surface area contributed by atoms with E-state index in [1.807, 2.05) is 0 Å². The Labute approximate surface area is 318 Å². The van der Waals surface area contributed by atoms with E-state index in [0.29, 0.717) is 12.8 Å². The number of likely N-dealkylation sites (N-methyl/N-ethyl adjacent to an activating group) is 1. The van der Waals surface area contributed by atoms with Gasteiger partial charge in [-0.1, -0.05) is 120 Å². The molecule has 8 nitrogen and oxygen atoms in total. The summed E-state index contributed by atoms with van der Waals surface area (Å²) < 4.78 is 17.0. The summed E-state index contributed by atoms with van der Waals surface area (Å²) in [6.07, 6.45) is 41.1. The minimum Gasteiger partial charge on any atom is -0.544 e. The van der Waals surface area contributed by atoms with E-state index in [1.54, 1.807) is 21.1 Å². The number of ether oxygens (including phenoxy) is 3. The van der Waals surface area contributed by atoms with Gasteiger partial charge in [0.2, 0.25) is 0 Å². The highest BCUT2D eigenvalue weighted by Crippen LogP contribution is 2.11. The number of hydrogen-bond acceptors (Lipinski definition) is 7. The molecule has 0 aromatic rings. The van der Waals surface area contributed by atoms with E-state index in [2.05, 4.69) is 74.6 Å². The Balaban J connectivity index is 4.49. The van der Waals surface area contributed by atoms with E-state index in [0.717, 1.165) is 64.2 Å². The number of esters is 2. The molecule has 298 valence electrons. The zero-order chi connectivity index (χ0) is 38.5. The molecule has 0 saturated carbocycles. The van der Waals surface area contributed by atoms with E-state index >= 15 is 0 Å². The Bertz CT molecular complexity index is 1040. The Morgan fingerprint density at radius 2 is 1.13 bits per heavy atom. The fraction of sp³-hybridized carbons (Fsp3) is 0.705. The number of rotatable bonds is 35. The standard InChI is InChI=1S/C44H75NO7/c1-6-8-10-12-14-16-18-20-21-22-23-25-26-28-30-32-34-42(46)51-39-40(38-50-37-36-41(44(48)49)45(3,4)5)52-43(47)35-33-31-29-27-24-19-17-15-13-11-9-7-2/h9,11,15,17,21-25,27,40-41H,6-8,10,12-14,16,18-20,26,28-39H2,1-5H3/b11-9+,17-15+,22-21+,25-23+,27-24+. The van der Waals surface area contributed by atoms with Crippen LogP contribution in [0.4, 0.5) is 0 Å². The maximum atomic E-state index is 12.6. The molecule has 0 aliphatic carbocycles. The smallest absolute Gasteiger partial charge is 0.306 e. The van der Waals surface area contributed by atoms with E-state index < -0.39 is 18.1 Å². The van der Waals surface area contributed by atoms with Crippen molar-refractivity contribution < 1.29 is 38.2 Å². The first-order chi connectivity index (χ1) is 25.1. The maximum Gasteiger partial charge on any atom is 0.306 e. The highest BCUT2D eigenvalue weighted by molar-refractivity contribution is 5.70. The second-order valence-electron chi connectivity index (χ2n) is 14.5. The molecule has 0 radical (unpaired) electrons. The minimum absolute atomic E-state index is 0.0141. The van der Waals surface area contributed by atoms with Gasteiger partial charge in [0.05, 0.1) is 40.3 Å². The van der Waals surface area contributed by atoms with E-state index in [4.69, 9.17) is 14.2 Å². The summed E-state index contributed by atoms with van der Waals surface area (Å²) in [4.78, 5) is 36.7. The van der Waals surface area contributed by atoms with Gasteiger partial charge in [-0.3, -0.25) is 9.59 Å². The number of carbonyl (C=O) groups is 3. The van der Waals surface area contributed by atoms with Gasteiger partial charge in [0.15, 0.2) is 6.10 Å². The Morgan fingerprint density at radius 1 is 0.615 bits per heavy atom. The molecular weight excluding hydrogens is 654 g/mol. The predicted molar refractivity (Wildman–Crippen MR) is 212 cm³/mol. The van der Waals surface area contributed by atoms with Crippen LogP contribution in [0.15, 0.2) is 60.8 Å². The molecule has 0 rings (SSSR count). The Kier molecular flexibility index (Phi) is 33.1. The summed E-state index contributed by atoms with van der Waals surface area (Å²) in [5.74, 6) is -1.83. The van der Waals surface area contributed by atoms with Crippen molar-refractivity contribution in [3.63, 3.8) is 0 Å². The molecule has 0 bridgehead atoms. The highest BCUT2D eigenvalue weighted by atomic mass is 16.6. The molecule has 0 aliphatic heterocycles. The van der Waals surface area contributed by atoms with Gasteiger partial charge in [-0.2, -0.15) is 0 Å². The molecule has 0 fully saturated rings. The van der Waals surface area contributed by atoms with Crippen LogP contribution in [0.25, 0.3) is 0 Å². The number of unbranched alkanes of at least 4 members (excludes halogenated alkanes) is 12. The molecule has 0 N–H and O–H groups in total. The monoisotopic (exact) mass is 730 g/mol. The SMILES string of the molecule is CC/C=C/C/C=C/C/C=C/CCCCC(=O)OC(COCCC(C(=O)[O-])[N+](C)(C)C)COC(=O)CCCCC/C=C/C=C/CCCCCCCCC. The normalized spacial score (nSPS) is 13.6. The van der Waals surface area contributed by atoms with Crippen molar-refractivity contribution in [1.82, 2.24) is 0 Å². The van der Waals surface area contributed by atoms with Gasteiger partial charge in [0.25, 0.3) is 0 Å². The summed E-state index contributed by atoms with van der Waals surface area (Å²) >= 11 is 0. The summed E-state index contributed by atoms with van der Waals surface area (Å²) in [5, 5.41) is 11.6. The van der Waals surface area contributed by atoms with Crippen molar-refractivity contribution in [1.29, 1.82) is 0 Å². The molecule has 0 aliphatic rings. The first-order valence-corrected chi connectivity index (χ1v) is 20.3. The summed E-state index contributed by atoms with van der Waals surface area (Å²) in [6.45, 7) is 4.44. The molecule has 0 aromatic carbocycles. The van der Waals surface area contributed by atoms with Crippen molar-refractivity contribution in [3.8, 4) is 0 Å². The van der Waals surface area contributed by atoms with Gasteiger partial charge in [-0.05, 0) is 70.6 Å². The summed E-state index contributed by atoms with van der Waals surface area (Å²) in [7, 11) is 5.37. The average molecular weight is 730 g/mol. The van der Waals surface area contributed by atoms with Crippen LogP contribution < -0.4 is 5.11 Å². The molecule has 8 heteroatoms. The Morgan fingerprint density at radius 3 is 1.75 bits per heavy atom. The number of allylic oxidation sites excluding steroid dienone is 10. The molecule has 52 heavy (non-hydrogen) atoms. The number of carbonyl (C=O) groups excluding carboxylic acids is 3. The number of nitrogens with zero attached hydrogens (tertiary/aromatic N) is 1. The van der Waals surface area contributed by atoms with Gasteiger partial charge < -0.3 is 28.6 Å². The van der Waals surface area contributed by atoms with Gasteiger partial charge in [-0.25, -0.2) is 0 Å². The Hall–Kier alpha value is -2.97. The molecule has 0 amide bonds. The molecule has 2 unspecified atom stereocenters. The van der Waals surface area contributed by atoms with Gasteiger partial charge in [-0.15, -0.1) is 0 Å². The lowest BCUT2D eigenvalue weighted by Crippen LogP contribution is -2.55. The first-order valence-electron chi connectivity index (χ1n) is 20.3. The van der Waals surface area contributed by atoms with Crippen LogP contribution in [-0.2, 0) is 28.6 Å². The fourth-order valence-electron chi connectivity index (χ4n) is 5.49. The second kappa shape index (κ2) is 35.1. The number of quaternary nitrogens is 1. The first kappa shape index (κ1) is 49.0. The lowest BCUT2D eigenvalue weighted by molar-refractivity contribution is -0.889. The quantitative estimate of drug-likeness (QED) is 0.0211. The van der Waals surface area contributed by atoms with Crippen LogP contribution in [-0.4, -0.2) is 75.5 Å². The molecular formula is C44H75NO7. The minimum atomic E-state index is -1.14. The van der Waals surface area contributed by atoms with Crippen molar-refractivity contribution in [2.24, 2.45) is 0 Å². The van der Waals surface area contributed by atoms with E-state index in [9.17, 15) is 19.5 Å². The number of carboxylic acids is 1. The lowest BCUT2D eigenvalue weighted by atomic mass is 10.1. The fourth-order valence-corrected chi connectivity index (χ4v) is 5.49. The topological polar surface area (TPSA) is 102 Å². The van der Waals surface area contributed by atoms with Gasteiger partial charge in [0.1, 0.15) is 12.6 Å². The van der Waals surface area contributed by atoms with E-state index in [1.165, 1.54) is 44.9 Å². The van der Waals surface area contributed by atoms with Gasteiger partial charge >= 0.3 is 11.9 Å². The van der Waals surface area contributed by atoms with Crippen LogP contribution in [0.3, 0.4) is 0 Å². The largest absolute Gasteiger partial charge is 0.544 e. The van der Waals surface area contributed by atoms with Crippen LogP contribution in [0, 0.1) is 0 Å². The van der Waals surface area contributed by atoms with Crippen LogP contribution in [0.5, 0.6) is 0 Å². The summed E-state index contributed by atoms with van der Waals surface area (Å²) in [6, 6.07) is -0.737. The van der Waals surface area contributed by atoms with E-state index in [-0.39, 0.29) is 49.1 Å². The number of carboxylic acid groups (broad SMARTS) is 1. The molecule has 0 heterocycles. The summed E-state index contributed by atoms with van der Waals surface area (Å²) in [5.41, 5.74) is 0. The van der Waals surface area contributed by atoms with Crippen molar-refractivity contribution >= 4 is 17.9 Å². The third-order valence-electron chi connectivity index (χ3n) is 8.67. The van der Waals surface area contributed by atoms with Crippen molar-refractivity contribution in [2.75, 3.05) is 41.0 Å². The second-order valence-corrected chi connectivity index (χ2v) is 14.5.